The standard InChI is InChI=1S/C16H24N2O2/c1-3-14(19)10-17-16(20)18-13-8-12(9-13)15-7-5-4-6-11(15)2/h4-7,12-14,19H,3,8-10H2,1-2H3,(H2,17,18,20)/t12?,13?,14-/m0/s1. The molecule has 4 nitrogen and oxygen atoms in total. The van der Waals surface area contributed by atoms with Crippen molar-refractivity contribution in [2.24, 2.45) is 0 Å². The van der Waals surface area contributed by atoms with Gasteiger partial charge in [0.25, 0.3) is 0 Å². The molecule has 0 spiro atoms. The second kappa shape index (κ2) is 6.75. The number of aliphatic hydroxyl groups is 1. The average Bonchev–Trinajstić information content (AvgIpc) is 2.41. The lowest BCUT2D eigenvalue weighted by atomic mass is 9.74. The molecule has 1 atom stereocenters. The smallest absolute Gasteiger partial charge is 0.315 e. The molecule has 1 aromatic rings. The van der Waals surface area contributed by atoms with E-state index in [1.165, 1.54) is 11.1 Å². The fraction of sp³-hybridized carbons (Fsp3) is 0.562. The average molecular weight is 276 g/mol. The van der Waals surface area contributed by atoms with Crippen LogP contribution in [0.2, 0.25) is 0 Å². The number of carbonyl (C=O) groups excluding carboxylic acids is 1. The maximum absolute atomic E-state index is 11.6. The molecular weight excluding hydrogens is 252 g/mol. The van der Waals surface area contributed by atoms with E-state index in [0.717, 1.165) is 12.8 Å². The Kier molecular flexibility index (Phi) is 5.01. The summed E-state index contributed by atoms with van der Waals surface area (Å²) in [6.45, 7) is 4.34. The molecule has 2 rings (SSSR count). The first-order chi connectivity index (χ1) is 9.60. The summed E-state index contributed by atoms with van der Waals surface area (Å²) < 4.78 is 0. The van der Waals surface area contributed by atoms with Gasteiger partial charge in [-0.2, -0.15) is 0 Å². The lowest BCUT2D eigenvalue weighted by molar-refractivity contribution is 0.164. The maximum atomic E-state index is 11.6. The number of urea groups is 1. The molecule has 4 heteroatoms. The first-order valence-electron chi connectivity index (χ1n) is 7.38. The predicted molar refractivity (Wildman–Crippen MR) is 79.8 cm³/mol. The summed E-state index contributed by atoms with van der Waals surface area (Å²) in [7, 11) is 0. The Morgan fingerprint density at radius 1 is 1.40 bits per heavy atom. The van der Waals surface area contributed by atoms with Crippen LogP contribution in [0.1, 0.15) is 43.2 Å². The van der Waals surface area contributed by atoms with Crippen molar-refractivity contribution < 1.29 is 9.90 Å². The molecule has 0 aliphatic heterocycles. The summed E-state index contributed by atoms with van der Waals surface area (Å²) in [5.41, 5.74) is 2.72. The number of amides is 2. The number of carbonyl (C=O) groups is 1. The topological polar surface area (TPSA) is 61.4 Å². The van der Waals surface area contributed by atoms with Crippen molar-refractivity contribution in [1.29, 1.82) is 0 Å². The maximum Gasteiger partial charge on any atom is 0.315 e. The Bertz CT molecular complexity index is 456. The lowest BCUT2D eigenvalue weighted by Crippen LogP contribution is -2.49. The summed E-state index contributed by atoms with van der Waals surface area (Å²) in [6.07, 6.45) is 2.18. The zero-order valence-corrected chi connectivity index (χ0v) is 12.2. The minimum absolute atomic E-state index is 0.175. The van der Waals surface area contributed by atoms with Gasteiger partial charge in [0.05, 0.1) is 6.10 Å². The molecule has 0 aromatic heterocycles. The van der Waals surface area contributed by atoms with Crippen molar-refractivity contribution in [3.05, 3.63) is 35.4 Å². The number of aliphatic hydroxyl groups excluding tert-OH is 1. The molecule has 1 saturated carbocycles. The second-order valence-electron chi connectivity index (χ2n) is 5.64. The molecule has 0 heterocycles. The highest BCUT2D eigenvalue weighted by atomic mass is 16.3. The van der Waals surface area contributed by atoms with Gasteiger partial charge in [0.15, 0.2) is 0 Å². The van der Waals surface area contributed by atoms with Gasteiger partial charge in [-0.15, -0.1) is 0 Å². The summed E-state index contributed by atoms with van der Waals surface area (Å²) >= 11 is 0. The molecule has 0 unspecified atom stereocenters. The third-order valence-electron chi connectivity index (χ3n) is 4.07. The van der Waals surface area contributed by atoms with Crippen LogP contribution in [-0.4, -0.2) is 29.8 Å². The quantitative estimate of drug-likeness (QED) is 0.773. The minimum atomic E-state index is -0.457. The predicted octanol–water partition coefficient (Wildman–Crippen LogP) is 2.31. The lowest BCUT2D eigenvalue weighted by Gasteiger charge is -2.37. The van der Waals surface area contributed by atoms with Crippen LogP contribution < -0.4 is 10.6 Å². The third-order valence-corrected chi connectivity index (χ3v) is 4.07. The van der Waals surface area contributed by atoms with E-state index in [2.05, 4.69) is 41.8 Å². The van der Waals surface area contributed by atoms with Crippen molar-refractivity contribution >= 4 is 6.03 Å². The largest absolute Gasteiger partial charge is 0.391 e. The molecule has 3 N–H and O–H groups in total. The molecule has 20 heavy (non-hydrogen) atoms. The normalized spacial score (nSPS) is 22.8. The highest BCUT2D eigenvalue weighted by Gasteiger charge is 2.31. The van der Waals surface area contributed by atoms with Crippen LogP contribution in [0, 0.1) is 6.92 Å². The Labute approximate surface area is 120 Å². The summed E-state index contributed by atoms with van der Waals surface area (Å²) in [6, 6.07) is 8.51. The van der Waals surface area contributed by atoms with Crippen molar-refractivity contribution in [3.63, 3.8) is 0 Å². The summed E-state index contributed by atoms with van der Waals surface area (Å²) in [5, 5.41) is 15.0. The van der Waals surface area contributed by atoms with E-state index in [1.807, 2.05) is 6.92 Å². The molecule has 1 fully saturated rings. The van der Waals surface area contributed by atoms with Crippen LogP contribution in [0.5, 0.6) is 0 Å². The van der Waals surface area contributed by atoms with Gasteiger partial charge in [-0.3, -0.25) is 0 Å². The van der Waals surface area contributed by atoms with Gasteiger partial charge in [0.2, 0.25) is 0 Å². The van der Waals surface area contributed by atoms with Crippen LogP contribution in [0.4, 0.5) is 4.79 Å². The first kappa shape index (κ1) is 14.9. The van der Waals surface area contributed by atoms with Crippen molar-refractivity contribution in [2.45, 2.75) is 51.2 Å². The second-order valence-corrected chi connectivity index (χ2v) is 5.64. The number of benzene rings is 1. The highest BCUT2D eigenvalue weighted by molar-refractivity contribution is 5.74. The van der Waals surface area contributed by atoms with E-state index in [4.69, 9.17) is 0 Å². The zero-order valence-electron chi connectivity index (χ0n) is 12.2. The minimum Gasteiger partial charge on any atom is -0.391 e. The molecule has 0 radical (unpaired) electrons. The number of aryl methyl sites for hydroxylation is 1. The van der Waals surface area contributed by atoms with E-state index >= 15 is 0 Å². The number of rotatable bonds is 5. The van der Waals surface area contributed by atoms with Crippen molar-refractivity contribution in [1.82, 2.24) is 10.6 Å². The molecule has 110 valence electrons. The van der Waals surface area contributed by atoms with Crippen LogP contribution in [0.3, 0.4) is 0 Å². The van der Waals surface area contributed by atoms with Crippen LogP contribution >= 0.6 is 0 Å². The molecule has 2 amide bonds. The van der Waals surface area contributed by atoms with Gasteiger partial charge in [0, 0.05) is 12.6 Å². The van der Waals surface area contributed by atoms with E-state index in [-0.39, 0.29) is 12.1 Å². The van der Waals surface area contributed by atoms with Gasteiger partial charge in [-0.1, -0.05) is 31.2 Å². The number of hydrogen-bond acceptors (Lipinski definition) is 2. The van der Waals surface area contributed by atoms with Crippen molar-refractivity contribution in [2.75, 3.05) is 6.54 Å². The molecule has 1 aliphatic carbocycles. The van der Waals surface area contributed by atoms with E-state index in [9.17, 15) is 9.90 Å². The van der Waals surface area contributed by atoms with Gasteiger partial charge < -0.3 is 15.7 Å². The Balaban J connectivity index is 1.72. The molecule has 1 aliphatic rings. The molecule has 1 aromatic carbocycles. The van der Waals surface area contributed by atoms with E-state index in [0.29, 0.717) is 18.9 Å². The number of nitrogens with one attached hydrogen (secondary N) is 2. The first-order valence-corrected chi connectivity index (χ1v) is 7.38. The molecular formula is C16H24N2O2. The summed E-state index contributed by atoms with van der Waals surface area (Å²) in [4.78, 5) is 11.6. The Morgan fingerprint density at radius 2 is 2.10 bits per heavy atom. The van der Waals surface area contributed by atoms with Crippen molar-refractivity contribution in [3.8, 4) is 0 Å². The van der Waals surface area contributed by atoms with Gasteiger partial charge in [0.1, 0.15) is 0 Å². The monoisotopic (exact) mass is 276 g/mol. The molecule has 0 bridgehead atoms. The number of hydrogen-bond donors (Lipinski definition) is 3. The van der Waals surface area contributed by atoms with Gasteiger partial charge in [-0.25, -0.2) is 4.79 Å². The fourth-order valence-electron chi connectivity index (χ4n) is 2.63. The van der Waals surface area contributed by atoms with Crippen LogP contribution in [0.15, 0.2) is 24.3 Å². The SMILES string of the molecule is CC[C@H](O)CNC(=O)NC1CC(c2ccccc2C)C1. The molecule has 0 saturated heterocycles. The van der Waals surface area contributed by atoms with E-state index in [1.54, 1.807) is 0 Å². The summed E-state index contributed by atoms with van der Waals surface area (Å²) in [5.74, 6) is 0.558. The highest BCUT2D eigenvalue weighted by Crippen LogP contribution is 2.38. The Hall–Kier alpha value is -1.55. The van der Waals surface area contributed by atoms with Gasteiger partial charge >= 0.3 is 6.03 Å². The fourth-order valence-corrected chi connectivity index (χ4v) is 2.63. The zero-order chi connectivity index (χ0) is 14.5. The Morgan fingerprint density at radius 3 is 2.75 bits per heavy atom. The van der Waals surface area contributed by atoms with E-state index < -0.39 is 6.10 Å². The van der Waals surface area contributed by atoms with Crippen LogP contribution in [0.25, 0.3) is 0 Å². The third kappa shape index (κ3) is 3.73. The van der Waals surface area contributed by atoms with Gasteiger partial charge in [-0.05, 0) is 43.2 Å². The van der Waals surface area contributed by atoms with Crippen LogP contribution in [-0.2, 0) is 0 Å².